The monoisotopic (exact) mass is 356 g/mol. The van der Waals surface area contributed by atoms with Crippen LogP contribution in [0.5, 0.6) is 5.75 Å². The summed E-state index contributed by atoms with van der Waals surface area (Å²) < 4.78 is 29.7. The lowest BCUT2D eigenvalue weighted by atomic mass is 9.95. The zero-order valence-electron chi connectivity index (χ0n) is 13.1. The number of phenolic OH excluding ortho intramolecular Hbond substituents is 1. The van der Waals surface area contributed by atoms with Crippen LogP contribution in [0.3, 0.4) is 0 Å². The van der Waals surface area contributed by atoms with Crippen LogP contribution >= 0.6 is 11.3 Å². The molecule has 0 saturated heterocycles. The van der Waals surface area contributed by atoms with Crippen molar-refractivity contribution < 1.29 is 13.9 Å². The predicted octanol–water partition coefficient (Wildman–Crippen LogP) is 4.60. The molecule has 0 amide bonds. The largest absolute Gasteiger partial charge is 0.507 e. The lowest BCUT2D eigenvalue weighted by molar-refractivity contribution is 0.478. The van der Waals surface area contributed by atoms with Gasteiger partial charge in [-0.2, -0.15) is 0 Å². The topological polar surface area (TPSA) is 59.1 Å². The van der Waals surface area contributed by atoms with Crippen LogP contribution in [-0.4, -0.2) is 16.6 Å². The minimum Gasteiger partial charge on any atom is -0.507 e. The van der Waals surface area contributed by atoms with Crippen LogP contribution in [0.4, 0.5) is 8.78 Å². The number of halogens is 2. The van der Waals surface area contributed by atoms with Gasteiger partial charge in [-0.15, -0.1) is 11.3 Å². The van der Waals surface area contributed by atoms with Crippen molar-refractivity contribution in [2.45, 2.75) is 6.42 Å². The van der Waals surface area contributed by atoms with Crippen LogP contribution in [0.1, 0.15) is 5.56 Å². The summed E-state index contributed by atoms with van der Waals surface area (Å²) in [4.78, 5) is 4.40. The van der Waals surface area contributed by atoms with Gasteiger partial charge in [0.05, 0.1) is 10.2 Å². The van der Waals surface area contributed by atoms with Gasteiger partial charge in [-0.25, -0.2) is 8.78 Å². The maximum absolute atomic E-state index is 14.4. The Hall–Kier alpha value is -2.57. The second-order valence-corrected chi connectivity index (χ2v) is 6.72. The van der Waals surface area contributed by atoms with E-state index in [-0.39, 0.29) is 29.8 Å². The molecule has 2 aromatic heterocycles. The molecule has 3 N–H and O–H groups in total. The number of fused-ring (bicyclic) bond motifs is 3. The maximum Gasteiger partial charge on any atom is 0.129 e. The highest BCUT2D eigenvalue weighted by atomic mass is 32.1. The fraction of sp³-hybridized carbons (Fsp3) is 0.105. The Labute approximate surface area is 146 Å². The maximum atomic E-state index is 14.4. The standard InChI is InChI=1S/C19H14F2N2OS/c20-13-7-10(8-14(21)11(13)3-5-22)18-16(24)2-1-15-19(18)12-4-6-25-17(12)9-23-15/h1-2,4,6-9,24H,3,5,22H2. The van der Waals surface area contributed by atoms with Crippen LogP contribution in [0.25, 0.3) is 32.1 Å². The molecule has 4 rings (SSSR count). The summed E-state index contributed by atoms with van der Waals surface area (Å²) in [5, 5.41) is 13.9. The average molecular weight is 356 g/mol. The van der Waals surface area contributed by atoms with Gasteiger partial charge in [0.1, 0.15) is 17.4 Å². The third-order valence-corrected chi connectivity index (χ3v) is 5.12. The average Bonchev–Trinajstić information content (AvgIpc) is 3.06. The van der Waals surface area contributed by atoms with E-state index >= 15 is 0 Å². The molecule has 2 heterocycles. The number of pyridine rings is 1. The van der Waals surface area contributed by atoms with Crippen LogP contribution in [0.15, 0.2) is 41.9 Å². The van der Waals surface area contributed by atoms with Crippen molar-refractivity contribution in [2.75, 3.05) is 6.54 Å². The van der Waals surface area contributed by atoms with Gasteiger partial charge < -0.3 is 10.8 Å². The third-order valence-electron chi connectivity index (χ3n) is 4.27. The van der Waals surface area contributed by atoms with E-state index in [1.54, 1.807) is 12.3 Å². The number of benzene rings is 2. The quantitative estimate of drug-likeness (QED) is 0.564. The minimum absolute atomic E-state index is 0.0372. The first-order valence-corrected chi connectivity index (χ1v) is 8.64. The van der Waals surface area contributed by atoms with Crippen LogP contribution in [-0.2, 0) is 6.42 Å². The summed E-state index contributed by atoms with van der Waals surface area (Å²) in [6.45, 7) is 0.159. The van der Waals surface area contributed by atoms with Crippen molar-refractivity contribution in [3.05, 3.63) is 59.1 Å². The Kier molecular flexibility index (Phi) is 3.86. The Balaban J connectivity index is 2.07. The van der Waals surface area contributed by atoms with Gasteiger partial charge in [-0.3, -0.25) is 4.98 Å². The second kappa shape index (κ2) is 6.06. The third kappa shape index (κ3) is 2.54. The number of nitrogens with zero attached hydrogens (tertiary/aromatic N) is 1. The Morgan fingerprint density at radius 2 is 1.88 bits per heavy atom. The molecular formula is C19H14F2N2OS. The lowest BCUT2D eigenvalue weighted by Crippen LogP contribution is -2.07. The number of nitrogens with two attached hydrogens (primary N) is 1. The number of aromatic hydroxyl groups is 1. The van der Waals surface area contributed by atoms with Gasteiger partial charge >= 0.3 is 0 Å². The molecule has 0 aliphatic heterocycles. The highest BCUT2D eigenvalue weighted by Crippen LogP contribution is 2.41. The van der Waals surface area contributed by atoms with E-state index in [9.17, 15) is 13.9 Å². The first-order chi connectivity index (χ1) is 12.1. The first kappa shape index (κ1) is 15.9. The van der Waals surface area contributed by atoms with Crippen LogP contribution < -0.4 is 5.73 Å². The Bertz CT molecular complexity index is 1080. The Morgan fingerprint density at radius 3 is 2.60 bits per heavy atom. The summed E-state index contributed by atoms with van der Waals surface area (Å²) in [5.74, 6) is -1.37. The van der Waals surface area contributed by atoms with Gasteiger partial charge in [-0.05, 0) is 54.2 Å². The molecule has 0 spiro atoms. The highest BCUT2D eigenvalue weighted by Gasteiger charge is 2.18. The number of aromatic nitrogens is 1. The fourth-order valence-corrected chi connectivity index (χ4v) is 3.90. The second-order valence-electron chi connectivity index (χ2n) is 5.77. The summed E-state index contributed by atoms with van der Waals surface area (Å²) in [7, 11) is 0. The predicted molar refractivity (Wildman–Crippen MR) is 96.9 cm³/mol. The summed E-state index contributed by atoms with van der Waals surface area (Å²) >= 11 is 1.52. The van der Waals surface area contributed by atoms with E-state index < -0.39 is 11.6 Å². The van der Waals surface area contributed by atoms with Crippen molar-refractivity contribution in [1.29, 1.82) is 0 Å². The van der Waals surface area contributed by atoms with E-state index in [0.29, 0.717) is 16.5 Å². The SMILES string of the molecule is NCCc1c(F)cc(-c2c(O)ccc3ncc4sccc4c23)cc1F. The van der Waals surface area contributed by atoms with E-state index in [0.717, 1.165) is 10.1 Å². The van der Waals surface area contributed by atoms with Gasteiger partial charge in [0, 0.05) is 28.1 Å². The number of thiophene rings is 1. The van der Waals surface area contributed by atoms with Gasteiger partial charge in [-0.1, -0.05) is 0 Å². The van der Waals surface area contributed by atoms with Crippen molar-refractivity contribution >= 4 is 32.3 Å². The smallest absolute Gasteiger partial charge is 0.129 e. The summed E-state index contributed by atoms with van der Waals surface area (Å²) in [5.41, 5.74) is 6.69. The molecule has 0 atom stereocenters. The first-order valence-electron chi connectivity index (χ1n) is 7.76. The molecule has 0 aliphatic carbocycles. The van der Waals surface area contributed by atoms with Crippen LogP contribution in [0.2, 0.25) is 0 Å². The van der Waals surface area contributed by atoms with E-state index in [2.05, 4.69) is 4.98 Å². The molecule has 4 aromatic rings. The minimum atomic E-state index is -0.665. The molecule has 0 fully saturated rings. The van der Waals surface area contributed by atoms with Crippen molar-refractivity contribution in [3.8, 4) is 16.9 Å². The molecule has 2 aromatic carbocycles. The lowest BCUT2D eigenvalue weighted by Gasteiger charge is -2.12. The normalized spacial score (nSPS) is 11.5. The molecule has 0 saturated carbocycles. The zero-order valence-corrected chi connectivity index (χ0v) is 13.9. The molecule has 0 bridgehead atoms. The van der Waals surface area contributed by atoms with Crippen molar-refractivity contribution in [3.63, 3.8) is 0 Å². The van der Waals surface area contributed by atoms with E-state index in [1.165, 1.54) is 29.5 Å². The van der Waals surface area contributed by atoms with Gasteiger partial charge in [0.15, 0.2) is 0 Å². The Morgan fingerprint density at radius 1 is 1.12 bits per heavy atom. The molecule has 0 aliphatic rings. The molecule has 0 radical (unpaired) electrons. The molecule has 126 valence electrons. The number of hydrogen-bond acceptors (Lipinski definition) is 4. The molecule has 25 heavy (non-hydrogen) atoms. The van der Waals surface area contributed by atoms with E-state index in [4.69, 9.17) is 5.73 Å². The highest BCUT2D eigenvalue weighted by molar-refractivity contribution is 7.17. The summed E-state index contributed by atoms with van der Waals surface area (Å²) in [6, 6.07) is 7.59. The number of hydrogen-bond donors (Lipinski definition) is 2. The fourth-order valence-electron chi connectivity index (χ4n) is 3.14. The number of phenols is 1. The summed E-state index contributed by atoms with van der Waals surface area (Å²) in [6.07, 6.45) is 1.88. The molecule has 0 unspecified atom stereocenters. The van der Waals surface area contributed by atoms with E-state index in [1.807, 2.05) is 11.4 Å². The molecule has 6 heteroatoms. The van der Waals surface area contributed by atoms with Crippen molar-refractivity contribution in [2.24, 2.45) is 5.73 Å². The molecular weight excluding hydrogens is 342 g/mol. The zero-order chi connectivity index (χ0) is 17.6. The van der Waals surface area contributed by atoms with Crippen LogP contribution in [0, 0.1) is 11.6 Å². The van der Waals surface area contributed by atoms with Crippen molar-refractivity contribution in [1.82, 2.24) is 4.98 Å². The molecule has 3 nitrogen and oxygen atoms in total. The number of rotatable bonds is 3. The van der Waals surface area contributed by atoms with Gasteiger partial charge in [0.2, 0.25) is 0 Å². The van der Waals surface area contributed by atoms with Gasteiger partial charge in [0.25, 0.3) is 0 Å².